The topological polar surface area (TPSA) is 21.7 Å². The second-order valence-corrected chi connectivity index (χ2v) is 3.31. The highest BCUT2D eigenvalue weighted by Crippen LogP contribution is 1.78. The molecule has 0 fully saturated rings. The lowest BCUT2D eigenvalue weighted by atomic mass is 10.6. The van der Waals surface area contributed by atoms with E-state index in [1.807, 2.05) is 14.1 Å². The molecule has 3 nitrogen and oxygen atoms in total. The van der Waals surface area contributed by atoms with Crippen LogP contribution in [0.1, 0.15) is 0 Å². The van der Waals surface area contributed by atoms with Crippen molar-refractivity contribution >= 4 is 9.76 Å². The summed E-state index contributed by atoms with van der Waals surface area (Å²) in [7, 11) is 3.78. The molecule has 4 heteroatoms. The predicted molar refractivity (Wildman–Crippen MR) is 44.9 cm³/mol. The van der Waals surface area contributed by atoms with E-state index in [-0.39, 0.29) is 9.76 Å². The molecular weight excluding hydrogens is 146 g/mol. The summed E-state index contributed by atoms with van der Waals surface area (Å²) in [5.41, 5.74) is 0. The minimum atomic E-state index is -0.272. The molecule has 0 spiro atoms. The second kappa shape index (κ2) is 7.21. The van der Waals surface area contributed by atoms with Crippen molar-refractivity contribution in [2.24, 2.45) is 0 Å². The van der Waals surface area contributed by atoms with Crippen molar-refractivity contribution in [3.05, 3.63) is 0 Å². The van der Waals surface area contributed by atoms with Crippen LogP contribution in [0.15, 0.2) is 0 Å². The molecule has 0 aliphatic heterocycles. The van der Waals surface area contributed by atoms with Crippen LogP contribution in [-0.4, -0.2) is 48.7 Å². The molecule has 0 N–H and O–H groups in total. The maximum atomic E-state index is 5.16. The van der Waals surface area contributed by atoms with E-state index in [4.69, 9.17) is 9.16 Å². The second-order valence-electron chi connectivity index (χ2n) is 2.32. The van der Waals surface area contributed by atoms with Gasteiger partial charge in [0, 0.05) is 6.54 Å². The van der Waals surface area contributed by atoms with Crippen molar-refractivity contribution in [3.63, 3.8) is 0 Å². The lowest BCUT2D eigenvalue weighted by Gasteiger charge is -2.09. The summed E-state index contributed by atoms with van der Waals surface area (Å²) >= 11 is 0. The first kappa shape index (κ1) is 10.1. The molecule has 0 atom stereocenters. The molecule has 0 rings (SSSR count). The lowest BCUT2D eigenvalue weighted by Crippen LogP contribution is -2.18. The molecular formula is C6H17NO2Si. The van der Waals surface area contributed by atoms with Gasteiger partial charge in [-0.2, -0.15) is 0 Å². The zero-order valence-corrected chi connectivity index (χ0v) is 8.51. The van der Waals surface area contributed by atoms with Gasteiger partial charge in [-0.25, -0.2) is 0 Å². The first-order valence-electron chi connectivity index (χ1n) is 3.57. The first-order chi connectivity index (χ1) is 4.77. The van der Waals surface area contributed by atoms with Crippen molar-refractivity contribution < 1.29 is 9.16 Å². The van der Waals surface area contributed by atoms with Gasteiger partial charge in [-0.1, -0.05) is 6.55 Å². The number of ether oxygens (including phenoxy) is 1. The van der Waals surface area contributed by atoms with Crippen LogP contribution in [0.25, 0.3) is 0 Å². The van der Waals surface area contributed by atoms with Crippen LogP contribution in [0, 0.1) is 0 Å². The van der Waals surface area contributed by atoms with Gasteiger partial charge in [0.25, 0.3) is 0 Å². The molecule has 0 saturated heterocycles. The van der Waals surface area contributed by atoms with E-state index >= 15 is 0 Å². The SMILES string of the molecule is C[SiH2]OCOCCN(C)C. The van der Waals surface area contributed by atoms with E-state index in [0.29, 0.717) is 6.79 Å². The highest BCUT2D eigenvalue weighted by Gasteiger charge is 1.88. The van der Waals surface area contributed by atoms with Gasteiger partial charge in [-0.05, 0) is 14.1 Å². The number of nitrogens with zero attached hydrogens (tertiary/aromatic N) is 1. The Kier molecular flexibility index (Phi) is 7.28. The summed E-state index contributed by atoms with van der Waals surface area (Å²) in [6.07, 6.45) is 0. The van der Waals surface area contributed by atoms with Gasteiger partial charge in [0.2, 0.25) is 0 Å². The number of likely N-dealkylation sites (N-methyl/N-ethyl adjacent to an activating group) is 1. The molecule has 0 radical (unpaired) electrons. The third-order valence-corrected chi connectivity index (χ3v) is 1.63. The van der Waals surface area contributed by atoms with E-state index in [1.54, 1.807) is 0 Å². The Morgan fingerprint density at radius 3 is 2.60 bits per heavy atom. The van der Waals surface area contributed by atoms with Gasteiger partial charge in [0.15, 0.2) is 9.76 Å². The minimum absolute atomic E-state index is 0.272. The monoisotopic (exact) mass is 163 g/mol. The summed E-state index contributed by atoms with van der Waals surface area (Å²) in [5.74, 6) is 0. The smallest absolute Gasteiger partial charge is 0.161 e. The molecule has 0 aromatic heterocycles. The van der Waals surface area contributed by atoms with Gasteiger partial charge in [-0.15, -0.1) is 0 Å². The fraction of sp³-hybridized carbons (Fsp3) is 1.00. The summed E-state index contributed by atoms with van der Waals surface area (Å²) in [6, 6.07) is 0. The Hall–Kier alpha value is 0.0969. The summed E-state index contributed by atoms with van der Waals surface area (Å²) < 4.78 is 10.3. The van der Waals surface area contributed by atoms with E-state index in [0.717, 1.165) is 13.2 Å². The Morgan fingerprint density at radius 2 is 2.10 bits per heavy atom. The Bertz CT molecular complexity index is 70.8. The van der Waals surface area contributed by atoms with Gasteiger partial charge >= 0.3 is 0 Å². The number of rotatable bonds is 6. The van der Waals surface area contributed by atoms with Crippen LogP contribution in [-0.2, 0) is 9.16 Å². The average molecular weight is 163 g/mol. The third kappa shape index (κ3) is 8.10. The van der Waals surface area contributed by atoms with Gasteiger partial charge in [-0.3, -0.25) is 0 Å². The molecule has 0 aromatic rings. The molecule has 10 heavy (non-hydrogen) atoms. The normalized spacial score (nSPS) is 12.0. The molecule has 0 heterocycles. The van der Waals surface area contributed by atoms with Crippen LogP contribution in [0.2, 0.25) is 6.55 Å². The van der Waals surface area contributed by atoms with E-state index in [1.165, 1.54) is 0 Å². The minimum Gasteiger partial charge on any atom is -0.402 e. The van der Waals surface area contributed by atoms with Crippen molar-refractivity contribution in [1.29, 1.82) is 0 Å². The fourth-order valence-corrected chi connectivity index (χ4v) is 0.733. The zero-order chi connectivity index (χ0) is 7.82. The third-order valence-electron chi connectivity index (χ3n) is 1.05. The van der Waals surface area contributed by atoms with Crippen molar-refractivity contribution in [2.45, 2.75) is 6.55 Å². The molecule has 62 valence electrons. The summed E-state index contributed by atoms with van der Waals surface area (Å²) in [5, 5.41) is 0. The lowest BCUT2D eigenvalue weighted by molar-refractivity contribution is 0.0117. The maximum absolute atomic E-state index is 5.16. The first-order valence-corrected chi connectivity index (χ1v) is 5.56. The highest BCUT2D eigenvalue weighted by atomic mass is 28.2. The average Bonchev–Trinajstić information content (AvgIpc) is 1.87. The van der Waals surface area contributed by atoms with Crippen molar-refractivity contribution in [3.8, 4) is 0 Å². The van der Waals surface area contributed by atoms with Crippen LogP contribution >= 0.6 is 0 Å². The summed E-state index contributed by atoms with van der Waals surface area (Å²) in [6.45, 7) is 4.31. The van der Waals surface area contributed by atoms with E-state index < -0.39 is 0 Å². The quantitative estimate of drug-likeness (QED) is 0.304. The van der Waals surface area contributed by atoms with E-state index in [2.05, 4.69) is 11.4 Å². The largest absolute Gasteiger partial charge is 0.402 e. The van der Waals surface area contributed by atoms with Crippen LogP contribution in [0.4, 0.5) is 0 Å². The van der Waals surface area contributed by atoms with Crippen molar-refractivity contribution in [2.75, 3.05) is 34.0 Å². The van der Waals surface area contributed by atoms with Gasteiger partial charge in [0.1, 0.15) is 6.79 Å². The van der Waals surface area contributed by atoms with Crippen LogP contribution < -0.4 is 0 Å². The van der Waals surface area contributed by atoms with Crippen LogP contribution in [0.3, 0.4) is 0 Å². The molecule has 0 amide bonds. The van der Waals surface area contributed by atoms with Crippen molar-refractivity contribution in [1.82, 2.24) is 4.90 Å². The highest BCUT2D eigenvalue weighted by molar-refractivity contribution is 6.24. The molecule has 0 aliphatic carbocycles. The number of hydrogen-bond acceptors (Lipinski definition) is 3. The molecule has 0 saturated carbocycles. The fourth-order valence-electron chi connectivity index (χ4n) is 0.448. The zero-order valence-electron chi connectivity index (χ0n) is 7.09. The molecule has 0 unspecified atom stereocenters. The predicted octanol–water partition coefficient (Wildman–Crippen LogP) is -0.329. The Balaban J connectivity index is 2.77. The maximum Gasteiger partial charge on any atom is 0.161 e. The summed E-state index contributed by atoms with van der Waals surface area (Å²) in [4.78, 5) is 2.09. The number of hydrogen-bond donors (Lipinski definition) is 0. The molecule has 0 aliphatic rings. The Labute approximate surface area is 65.2 Å². The van der Waals surface area contributed by atoms with E-state index in [9.17, 15) is 0 Å². The van der Waals surface area contributed by atoms with Crippen LogP contribution in [0.5, 0.6) is 0 Å². The molecule has 0 aromatic carbocycles. The Morgan fingerprint density at radius 1 is 1.40 bits per heavy atom. The standard InChI is InChI=1S/C6H17NO2Si/c1-7(2)4-5-8-6-9-10-3/h4-6,10H2,1-3H3. The van der Waals surface area contributed by atoms with Gasteiger partial charge in [0.05, 0.1) is 6.61 Å². The molecule has 0 bridgehead atoms. The van der Waals surface area contributed by atoms with Gasteiger partial charge < -0.3 is 14.1 Å².